The predicted octanol–water partition coefficient (Wildman–Crippen LogP) is 2.36. The molecule has 2 fully saturated rings. The van der Waals surface area contributed by atoms with Gasteiger partial charge in [0.25, 0.3) is 0 Å². The Morgan fingerprint density at radius 2 is 1.68 bits per heavy atom. The molecule has 1 N–H and O–H groups in total. The third kappa shape index (κ3) is 3.32. The van der Waals surface area contributed by atoms with Gasteiger partial charge < -0.3 is 19.4 Å². The maximum Gasteiger partial charge on any atom is 0.494 e. The Balaban J connectivity index is 0.00000176. The average Bonchev–Trinajstić information content (AvgIpc) is 2.97. The van der Waals surface area contributed by atoms with Gasteiger partial charge in [-0.2, -0.15) is 0 Å². The normalized spacial score (nSPS) is 25.8. The van der Waals surface area contributed by atoms with E-state index in [0.29, 0.717) is 0 Å². The van der Waals surface area contributed by atoms with E-state index in [0.717, 1.165) is 30.7 Å². The second kappa shape index (κ2) is 6.22. The third-order valence-corrected chi connectivity index (χ3v) is 4.72. The van der Waals surface area contributed by atoms with Crippen LogP contribution in [0.5, 0.6) is 5.75 Å². The first kappa shape index (κ1) is 17.3. The highest BCUT2D eigenvalue weighted by Gasteiger charge is 2.51. The molecule has 2 heterocycles. The number of nitrogens with one attached hydrogen (secondary N) is 1. The van der Waals surface area contributed by atoms with Crippen LogP contribution >= 0.6 is 0 Å². The van der Waals surface area contributed by atoms with Crippen molar-refractivity contribution in [3.63, 3.8) is 0 Å². The molecule has 1 aromatic carbocycles. The van der Waals surface area contributed by atoms with Gasteiger partial charge in [-0.1, -0.05) is 19.6 Å². The summed E-state index contributed by atoms with van der Waals surface area (Å²) in [5.74, 6) is 0.906. The van der Waals surface area contributed by atoms with Gasteiger partial charge in [0, 0.05) is 6.54 Å². The Morgan fingerprint density at radius 3 is 2.18 bits per heavy atom. The lowest BCUT2D eigenvalue weighted by atomic mass is 9.79. The van der Waals surface area contributed by atoms with E-state index in [9.17, 15) is 0 Å². The molecule has 0 amide bonds. The molecule has 0 saturated carbocycles. The molecule has 2 aliphatic heterocycles. The number of rotatable bonds is 3. The molecule has 0 aromatic heterocycles. The van der Waals surface area contributed by atoms with E-state index in [-0.39, 0.29) is 31.9 Å². The van der Waals surface area contributed by atoms with Crippen molar-refractivity contribution in [1.82, 2.24) is 5.32 Å². The van der Waals surface area contributed by atoms with Crippen LogP contribution in [0.2, 0.25) is 0 Å². The van der Waals surface area contributed by atoms with Crippen LogP contribution in [-0.4, -0.2) is 37.5 Å². The molecule has 5 heteroatoms. The highest BCUT2D eigenvalue weighted by molar-refractivity contribution is 6.62. The van der Waals surface area contributed by atoms with Gasteiger partial charge in [-0.25, -0.2) is 0 Å². The second-order valence-corrected chi connectivity index (χ2v) is 6.89. The standard InChI is InChI=1S/C16H24BNO3.CH4/c1-15(2)16(3,4)21-17(20-15)12-5-7-13(8-6-12)19-14-9-10-18-11-14;/h5-8,14,18H,9-11H2,1-4H3;1H4/t14-;/m0./s1. The second-order valence-electron chi connectivity index (χ2n) is 6.89. The first-order valence-electron chi connectivity index (χ1n) is 7.70. The zero-order valence-corrected chi connectivity index (χ0v) is 13.3. The summed E-state index contributed by atoms with van der Waals surface area (Å²) in [7, 11) is -0.308. The van der Waals surface area contributed by atoms with Crippen LogP contribution < -0.4 is 15.5 Å². The summed E-state index contributed by atoms with van der Waals surface area (Å²) in [4.78, 5) is 0. The maximum atomic E-state index is 6.05. The van der Waals surface area contributed by atoms with Crippen molar-refractivity contribution >= 4 is 12.6 Å². The topological polar surface area (TPSA) is 39.7 Å². The average molecular weight is 305 g/mol. The van der Waals surface area contributed by atoms with E-state index in [2.05, 4.69) is 33.0 Å². The van der Waals surface area contributed by atoms with E-state index < -0.39 is 0 Å². The molecule has 22 heavy (non-hydrogen) atoms. The fraction of sp³-hybridized carbons (Fsp3) is 0.647. The summed E-state index contributed by atoms with van der Waals surface area (Å²) in [5.41, 5.74) is 0.426. The van der Waals surface area contributed by atoms with Crippen LogP contribution in [0, 0.1) is 0 Å². The Labute approximate surface area is 134 Å². The van der Waals surface area contributed by atoms with Gasteiger partial charge in [0.05, 0.1) is 11.2 Å². The van der Waals surface area contributed by atoms with Crippen LogP contribution in [0.3, 0.4) is 0 Å². The molecule has 1 atom stereocenters. The van der Waals surface area contributed by atoms with Crippen LogP contribution in [0.4, 0.5) is 0 Å². The van der Waals surface area contributed by atoms with E-state index in [1.54, 1.807) is 0 Å². The zero-order chi connectivity index (χ0) is 15.1. The molecule has 0 unspecified atom stereocenters. The largest absolute Gasteiger partial charge is 0.494 e. The van der Waals surface area contributed by atoms with Crippen molar-refractivity contribution in [1.29, 1.82) is 0 Å². The summed E-state index contributed by atoms with van der Waals surface area (Å²) in [6.07, 6.45) is 1.35. The van der Waals surface area contributed by atoms with E-state index in [4.69, 9.17) is 14.0 Å². The van der Waals surface area contributed by atoms with Gasteiger partial charge in [-0.05, 0) is 58.3 Å². The Hall–Kier alpha value is -1.04. The molecule has 0 radical (unpaired) electrons. The molecular weight excluding hydrogens is 277 g/mol. The summed E-state index contributed by atoms with van der Waals surface area (Å²) >= 11 is 0. The van der Waals surface area contributed by atoms with Crippen molar-refractivity contribution in [2.75, 3.05) is 13.1 Å². The van der Waals surface area contributed by atoms with Crippen molar-refractivity contribution in [2.24, 2.45) is 0 Å². The fourth-order valence-corrected chi connectivity index (χ4v) is 2.60. The number of hydrogen-bond donors (Lipinski definition) is 1. The molecule has 0 aliphatic carbocycles. The number of hydrogen-bond acceptors (Lipinski definition) is 4. The molecule has 2 aliphatic rings. The van der Waals surface area contributed by atoms with Crippen LogP contribution in [0.15, 0.2) is 24.3 Å². The molecule has 4 nitrogen and oxygen atoms in total. The Kier molecular flexibility index (Phi) is 4.90. The van der Waals surface area contributed by atoms with Gasteiger partial charge in [-0.15, -0.1) is 0 Å². The first-order valence-corrected chi connectivity index (χ1v) is 7.70. The van der Waals surface area contributed by atoms with E-state index in [1.165, 1.54) is 0 Å². The highest BCUT2D eigenvalue weighted by Crippen LogP contribution is 2.36. The highest BCUT2D eigenvalue weighted by atomic mass is 16.7. The van der Waals surface area contributed by atoms with Crippen LogP contribution in [0.25, 0.3) is 0 Å². The minimum absolute atomic E-state index is 0. The molecule has 122 valence electrons. The van der Waals surface area contributed by atoms with Crippen molar-refractivity contribution in [2.45, 2.75) is 58.8 Å². The fourth-order valence-electron chi connectivity index (χ4n) is 2.60. The van der Waals surface area contributed by atoms with E-state index >= 15 is 0 Å². The van der Waals surface area contributed by atoms with Gasteiger partial charge in [0.2, 0.25) is 0 Å². The smallest absolute Gasteiger partial charge is 0.489 e. The van der Waals surface area contributed by atoms with Gasteiger partial charge in [0.15, 0.2) is 0 Å². The molecular formula is C17H28BNO3. The maximum absolute atomic E-state index is 6.05. The Morgan fingerprint density at radius 1 is 1.09 bits per heavy atom. The third-order valence-electron chi connectivity index (χ3n) is 4.72. The Bertz CT molecular complexity index is 479. The first-order chi connectivity index (χ1) is 9.87. The van der Waals surface area contributed by atoms with Crippen LogP contribution in [-0.2, 0) is 9.31 Å². The minimum Gasteiger partial charge on any atom is -0.489 e. The van der Waals surface area contributed by atoms with Crippen LogP contribution in [0.1, 0.15) is 41.5 Å². The van der Waals surface area contributed by atoms with Crippen molar-refractivity contribution in [3.8, 4) is 5.75 Å². The molecule has 3 rings (SSSR count). The number of ether oxygens (including phenoxy) is 1. The monoisotopic (exact) mass is 305 g/mol. The lowest BCUT2D eigenvalue weighted by Crippen LogP contribution is -2.41. The molecule has 0 spiro atoms. The lowest BCUT2D eigenvalue weighted by Gasteiger charge is -2.32. The minimum atomic E-state index is -0.308. The molecule has 1 aromatic rings. The zero-order valence-electron chi connectivity index (χ0n) is 13.3. The van der Waals surface area contributed by atoms with E-state index in [1.807, 2.05) is 24.3 Å². The summed E-state index contributed by atoms with van der Waals surface area (Å²) in [6, 6.07) is 8.05. The summed E-state index contributed by atoms with van der Waals surface area (Å²) in [6.45, 7) is 10.2. The van der Waals surface area contributed by atoms with Crippen molar-refractivity contribution in [3.05, 3.63) is 24.3 Å². The quantitative estimate of drug-likeness (QED) is 0.870. The predicted molar refractivity (Wildman–Crippen MR) is 90.8 cm³/mol. The number of benzene rings is 1. The summed E-state index contributed by atoms with van der Waals surface area (Å²) < 4.78 is 18.0. The van der Waals surface area contributed by atoms with Gasteiger partial charge in [0.1, 0.15) is 11.9 Å². The molecule has 0 bridgehead atoms. The summed E-state index contributed by atoms with van der Waals surface area (Å²) in [5, 5.41) is 3.30. The van der Waals surface area contributed by atoms with Crippen molar-refractivity contribution < 1.29 is 14.0 Å². The van der Waals surface area contributed by atoms with Gasteiger partial charge in [-0.3, -0.25) is 0 Å². The lowest BCUT2D eigenvalue weighted by molar-refractivity contribution is 0.00578. The van der Waals surface area contributed by atoms with Gasteiger partial charge >= 0.3 is 7.12 Å². The molecule has 2 saturated heterocycles. The SMILES string of the molecule is C.CC1(C)OB(c2ccc(O[C@H]3CCNC3)cc2)OC1(C)C.